The summed E-state index contributed by atoms with van der Waals surface area (Å²) in [5.74, 6) is 2.35. The van der Waals surface area contributed by atoms with Crippen molar-refractivity contribution in [3.8, 4) is 17.2 Å². The molecule has 0 aromatic heterocycles. The summed E-state index contributed by atoms with van der Waals surface area (Å²) in [7, 11) is 1.74. The molecular weight excluding hydrogens is 512 g/mol. The minimum Gasteiger partial charge on any atom is -0.490 e. The van der Waals surface area contributed by atoms with Crippen LogP contribution in [-0.2, 0) is 16.1 Å². The lowest BCUT2D eigenvalue weighted by Gasteiger charge is -2.36. The number of aliphatic hydroxyl groups is 1. The average molecular weight is 551 g/mol. The molecular formula is C31H38N2O5S. The van der Waals surface area contributed by atoms with Crippen molar-refractivity contribution in [3.05, 3.63) is 77.9 Å². The van der Waals surface area contributed by atoms with Crippen molar-refractivity contribution in [3.63, 3.8) is 0 Å². The molecule has 0 spiro atoms. The maximum atomic E-state index is 10.9. The fraction of sp³-hybridized carbons (Fsp3) is 0.419. The third-order valence-corrected chi connectivity index (χ3v) is 8.04. The molecule has 2 N–H and O–H groups in total. The van der Waals surface area contributed by atoms with Crippen molar-refractivity contribution in [2.45, 2.75) is 36.0 Å². The Labute approximate surface area is 235 Å². The molecule has 3 unspecified atom stereocenters. The Balaban J connectivity index is 1.24. The zero-order chi connectivity index (χ0) is 27.0. The van der Waals surface area contributed by atoms with Gasteiger partial charge in [0.05, 0.1) is 31.0 Å². The van der Waals surface area contributed by atoms with Crippen molar-refractivity contribution >= 4 is 17.4 Å². The number of nitrogens with one attached hydrogen (secondary N) is 1. The van der Waals surface area contributed by atoms with Gasteiger partial charge in [-0.15, -0.1) is 11.8 Å². The summed E-state index contributed by atoms with van der Waals surface area (Å²) in [5.41, 5.74) is 3.24. The third kappa shape index (κ3) is 7.07. The van der Waals surface area contributed by atoms with E-state index in [1.807, 2.05) is 42.5 Å². The number of thioether (sulfide) groups is 1. The molecule has 39 heavy (non-hydrogen) atoms. The summed E-state index contributed by atoms with van der Waals surface area (Å²) < 4.78 is 23.6. The largest absolute Gasteiger partial charge is 0.490 e. The summed E-state index contributed by atoms with van der Waals surface area (Å²) in [6, 6.07) is 22.3. The zero-order valence-electron chi connectivity index (χ0n) is 22.7. The number of anilines is 1. The van der Waals surface area contributed by atoms with Gasteiger partial charge in [0.25, 0.3) is 0 Å². The van der Waals surface area contributed by atoms with Crippen LogP contribution in [0, 0.1) is 0 Å². The molecule has 0 saturated carbocycles. The Morgan fingerprint density at radius 1 is 1.03 bits per heavy atom. The highest BCUT2D eigenvalue weighted by atomic mass is 32.2. The van der Waals surface area contributed by atoms with Crippen LogP contribution in [0.4, 0.5) is 5.69 Å². The van der Waals surface area contributed by atoms with Gasteiger partial charge in [-0.2, -0.15) is 0 Å². The molecule has 0 amide bonds. The average Bonchev–Trinajstić information content (AvgIpc) is 2.97. The second kappa shape index (κ2) is 13.5. The first-order valence-corrected chi connectivity index (χ1v) is 14.8. The van der Waals surface area contributed by atoms with Crippen LogP contribution in [-0.4, -0.2) is 70.1 Å². The van der Waals surface area contributed by atoms with Crippen LogP contribution in [0.25, 0.3) is 0 Å². The van der Waals surface area contributed by atoms with Gasteiger partial charge < -0.3 is 34.3 Å². The van der Waals surface area contributed by atoms with Gasteiger partial charge in [-0.25, -0.2) is 0 Å². The van der Waals surface area contributed by atoms with Gasteiger partial charge in [-0.3, -0.25) is 0 Å². The number of methoxy groups -OCH3 is 1. The van der Waals surface area contributed by atoms with E-state index >= 15 is 0 Å². The number of ether oxygens (including phenoxy) is 4. The van der Waals surface area contributed by atoms with E-state index in [0.717, 1.165) is 60.2 Å². The Bertz CT molecular complexity index is 1190. The zero-order valence-corrected chi connectivity index (χ0v) is 23.5. The number of fused-ring (bicyclic) bond motifs is 1. The SMILES string of the molecule is COCCCN1CCOc2ccc(COC3CNCC(O)C3c3ccc(Oc4ccc(SC)cc4)cc3)cc21. The lowest BCUT2D eigenvalue weighted by molar-refractivity contribution is -0.0328. The highest BCUT2D eigenvalue weighted by molar-refractivity contribution is 7.98. The molecule has 8 heteroatoms. The van der Waals surface area contributed by atoms with Gasteiger partial charge in [-0.05, 0) is 72.3 Å². The monoisotopic (exact) mass is 550 g/mol. The lowest BCUT2D eigenvalue weighted by atomic mass is 9.85. The van der Waals surface area contributed by atoms with Crippen LogP contribution in [0.2, 0.25) is 0 Å². The maximum Gasteiger partial charge on any atom is 0.142 e. The molecule has 2 aliphatic heterocycles. The Morgan fingerprint density at radius 3 is 2.54 bits per heavy atom. The molecule has 2 aliphatic rings. The second-order valence-corrected chi connectivity index (χ2v) is 10.8. The lowest BCUT2D eigenvalue weighted by Crippen LogP contribution is -2.49. The van der Waals surface area contributed by atoms with E-state index in [9.17, 15) is 5.11 Å². The molecule has 1 fully saturated rings. The molecule has 0 radical (unpaired) electrons. The van der Waals surface area contributed by atoms with E-state index in [2.05, 4.69) is 40.7 Å². The molecule has 3 atom stereocenters. The van der Waals surface area contributed by atoms with Crippen LogP contribution in [0.15, 0.2) is 71.6 Å². The Morgan fingerprint density at radius 2 is 1.79 bits per heavy atom. The Kier molecular flexibility index (Phi) is 9.66. The molecule has 2 heterocycles. The van der Waals surface area contributed by atoms with Gasteiger partial charge >= 0.3 is 0 Å². The summed E-state index contributed by atoms with van der Waals surface area (Å²) in [6.07, 6.45) is 2.33. The topological polar surface area (TPSA) is 72.4 Å². The van der Waals surface area contributed by atoms with Crippen molar-refractivity contribution in [2.24, 2.45) is 0 Å². The van der Waals surface area contributed by atoms with Crippen molar-refractivity contribution in [2.75, 3.05) is 57.7 Å². The van der Waals surface area contributed by atoms with E-state index < -0.39 is 6.10 Å². The molecule has 3 aromatic carbocycles. The highest BCUT2D eigenvalue weighted by Gasteiger charge is 2.34. The summed E-state index contributed by atoms with van der Waals surface area (Å²) in [6.45, 7) is 4.91. The number of hydrogen-bond donors (Lipinski definition) is 2. The van der Waals surface area contributed by atoms with Gasteiger partial charge in [-0.1, -0.05) is 18.2 Å². The number of piperidine rings is 1. The summed E-state index contributed by atoms with van der Waals surface area (Å²) in [4.78, 5) is 3.56. The molecule has 1 saturated heterocycles. The van der Waals surface area contributed by atoms with Crippen LogP contribution in [0.5, 0.6) is 17.2 Å². The maximum absolute atomic E-state index is 10.9. The molecule has 0 bridgehead atoms. The van der Waals surface area contributed by atoms with Gasteiger partial charge in [0.15, 0.2) is 0 Å². The standard InChI is InChI=1S/C31H38N2O5S/c1-35-16-3-14-33-15-17-36-29-13-4-22(18-27(29)33)21-37-30-20-32-19-28(34)31(30)23-5-7-24(8-6-23)38-25-9-11-26(39-2)12-10-25/h4-13,18,28,30-32,34H,3,14-17,19-21H2,1-2H3. The fourth-order valence-corrected chi connectivity index (χ4v) is 5.66. The molecule has 3 aromatic rings. The minimum atomic E-state index is -0.539. The number of hydrogen-bond acceptors (Lipinski definition) is 8. The van der Waals surface area contributed by atoms with Crippen molar-refractivity contribution in [1.29, 1.82) is 0 Å². The minimum absolute atomic E-state index is 0.132. The van der Waals surface area contributed by atoms with E-state index in [0.29, 0.717) is 26.3 Å². The van der Waals surface area contributed by atoms with Crippen molar-refractivity contribution < 1.29 is 24.1 Å². The predicted octanol–water partition coefficient (Wildman–Crippen LogP) is 5.07. The van der Waals surface area contributed by atoms with E-state index in [1.165, 1.54) is 4.90 Å². The first-order chi connectivity index (χ1) is 19.1. The number of β-amino-alcohol motifs (C(OH)–C–C–N with tert-alkyl or cyclic N) is 1. The first-order valence-electron chi connectivity index (χ1n) is 13.6. The van der Waals surface area contributed by atoms with Crippen molar-refractivity contribution in [1.82, 2.24) is 5.32 Å². The van der Waals surface area contributed by atoms with Gasteiger partial charge in [0.2, 0.25) is 0 Å². The number of nitrogens with zero attached hydrogens (tertiary/aromatic N) is 1. The van der Waals surface area contributed by atoms with Gasteiger partial charge in [0, 0.05) is 44.2 Å². The summed E-state index contributed by atoms with van der Waals surface area (Å²) in [5, 5.41) is 14.2. The smallest absolute Gasteiger partial charge is 0.142 e. The van der Waals surface area contributed by atoms with Crippen LogP contribution >= 0.6 is 11.8 Å². The van der Waals surface area contributed by atoms with Gasteiger partial charge in [0.1, 0.15) is 23.9 Å². The quantitative estimate of drug-likeness (QED) is 0.253. The molecule has 208 valence electrons. The Hall–Kier alpha value is -2.75. The normalized spacial score (nSPS) is 20.8. The molecule has 5 rings (SSSR count). The first kappa shape index (κ1) is 27.8. The van der Waals surface area contributed by atoms with E-state index in [1.54, 1.807) is 18.9 Å². The van der Waals surface area contributed by atoms with E-state index in [-0.39, 0.29) is 12.0 Å². The van der Waals surface area contributed by atoms with Crippen LogP contribution < -0.4 is 19.7 Å². The predicted molar refractivity (Wildman–Crippen MR) is 156 cm³/mol. The second-order valence-electron chi connectivity index (χ2n) is 9.93. The number of benzene rings is 3. The van der Waals surface area contributed by atoms with Crippen LogP contribution in [0.1, 0.15) is 23.5 Å². The van der Waals surface area contributed by atoms with Crippen LogP contribution in [0.3, 0.4) is 0 Å². The third-order valence-electron chi connectivity index (χ3n) is 7.30. The fourth-order valence-electron chi connectivity index (χ4n) is 5.26. The van der Waals surface area contributed by atoms with E-state index in [4.69, 9.17) is 18.9 Å². The number of aliphatic hydroxyl groups excluding tert-OH is 1. The molecule has 7 nitrogen and oxygen atoms in total. The highest BCUT2D eigenvalue weighted by Crippen LogP contribution is 2.35. The summed E-state index contributed by atoms with van der Waals surface area (Å²) >= 11 is 1.71. The molecule has 0 aliphatic carbocycles. The number of rotatable bonds is 11.